The van der Waals surface area contributed by atoms with E-state index in [2.05, 4.69) is 15.6 Å². The second-order valence-electron chi connectivity index (χ2n) is 8.42. The highest BCUT2D eigenvalue weighted by atomic mass is 19.3. The fourth-order valence-electron chi connectivity index (χ4n) is 4.25. The van der Waals surface area contributed by atoms with Crippen LogP contribution in [0.2, 0.25) is 0 Å². The van der Waals surface area contributed by atoms with Gasteiger partial charge in [-0.25, -0.2) is 27.9 Å². The third-order valence-electron chi connectivity index (χ3n) is 6.29. The molecule has 2 saturated heterocycles. The molecule has 2 aromatic rings. The number of amides is 2. The lowest BCUT2D eigenvalue weighted by Crippen LogP contribution is -2.46. The number of carbonyl (C=O) groups excluding carboxylic acids is 1. The first-order valence-corrected chi connectivity index (χ1v) is 11.0. The largest absolute Gasteiger partial charge is 0.378 e. The molecule has 0 spiro atoms. The van der Waals surface area contributed by atoms with Crippen LogP contribution in [-0.2, 0) is 24.4 Å². The smallest absolute Gasteiger partial charge is 0.320 e. The number of nitrogens with one attached hydrogen (secondary N) is 2. The highest BCUT2D eigenvalue weighted by molar-refractivity contribution is 5.76. The van der Waals surface area contributed by atoms with Crippen molar-refractivity contribution in [3.05, 3.63) is 52.2 Å². The molecule has 4 heterocycles. The van der Waals surface area contributed by atoms with Crippen molar-refractivity contribution in [2.24, 2.45) is 0 Å². The summed E-state index contributed by atoms with van der Waals surface area (Å²) >= 11 is 0. The van der Waals surface area contributed by atoms with Crippen molar-refractivity contribution in [3.8, 4) is 0 Å². The number of nitrogens with zero attached hydrogens (tertiary/aromatic N) is 4. The summed E-state index contributed by atoms with van der Waals surface area (Å²) < 4.78 is 46.0. The predicted octanol–water partition coefficient (Wildman–Crippen LogP) is 2.62. The number of fused-ring (bicyclic) bond motifs is 1. The van der Waals surface area contributed by atoms with E-state index in [0.29, 0.717) is 51.0 Å². The van der Waals surface area contributed by atoms with Crippen LogP contribution in [0.5, 0.6) is 0 Å². The fraction of sp³-hybridized carbons (Fsp3) is 0.500. The van der Waals surface area contributed by atoms with Crippen molar-refractivity contribution in [2.45, 2.75) is 32.0 Å². The SMILES string of the molecule is O=C(N1CCOCC1)N1Cc2nc(C3CNC3)nc(NCc3cccc(C(F)F)c3F)c2C1. The summed E-state index contributed by atoms with van der Waals surface area (Å²) in [6.07, 6.45) is -2.88. The lowest BCUT2D eigenvalue weighted by atomic mass is 10.0. The second kappa shape index (κ2) is 9.14. The minimum absolute atomic E-state index is 0.00435. The lowest BCUT2D eigenvalue weighted by Gasteiger charge is -2.30. The molecule has 0 saturated carbocycles. The van der Waals surface area contributed by atoms with E-state index in [1.165, 1.54) is 12.1 Å². The van der Waals surface area contributed by atoms with Gasteiger partial charge >= 0.3 is 6.03 Å². The Kier molecular flexibility index (Phi) is 6.07. The second-order valence-corrected chi connectivity index (χ2v) is 8.42. The summed E-state index contributed by atoms with van der Waals surface area (Å²) in [4.78, 5) is 25.9. The molecule has 2 N–H and O–H groups in total. The van der Waals surface area contributed by atoms with E-state index >= 15 is 0 Å². The van der Waals surface area contributed by atoms with Gasteiger partial charge in [0.25, 0.3) is 6.43 Å². The highest BCUT2D eigenvalue weighted by Crippen LogP contribution is 2.31. The van der Waals surface area contributed by atoms with Crippen molar-refractivity contribution in [1.29, 1.82) is 0 Å². The number of rotatable bonds is 5. The van der Waals surface area contributed by atoms with Gasteiger partial charge in [-0.1, -0.05) is 18.2 Å². The van der Waals surface area contributed by atoms with Crippen LogP contribution in [0, 0.1) is 5.82 Å². The molecule has 8 nitrogen and oxygen atoms in total. The maximum absolute atomic E-state index is 14.5. The molecule has 0 unspecified atom stereocenters. The predicted molar refractivity (Wildman–Crippen MR) is 113 cm³/mol. The Bertz CT molecular complexity index is 1040. The van der Waals surface area contributed by atoms with Crippen LogP contribution < -0.4 is 10.6 Å². The zero-order valence-corrected chi connectivity index (χ0v) is 18.0. The number of benzene rings is 1. The molecule has 2 fully saturated rings. The number of carbonyl (C=O) groups is 1. The molecule has 5 rings (SSSR count). The minimum atomic E-state index is -2.88. The number of ether oxygens (including phenoxy) is 1. The molecule has 176 valence electrons. The van der Waals surface area contributed by atoms with Gasteiger partial charge in [-0.05, 0) is 0 Å². The van der Waals surface area contributed by atoms with Crippen LogP contribution >= 0.6 is 0 Å². The Hall–Kier alpha value is -2.92. The number of aromatic nitrogens is 2. The number of urea groups is 1. The molecule has 2 amide bonds. The van der Waals surface area contributed by atoms with Gasteiger partial charge in [0.1, 0.15) is 17.5 Å². The molecular formula is C22H25F3N6O2. The van der Waals surface area contributed by atoms with Gasteiger partial charge in [-0.15, -0.1) is 0 Å². The number of halogens is 3. The summed E-state index contributed by atoms with van der Waals surface area (Å²) in [6.45, 7) is 4.33. The minimum Gasteiger partial charge on any atom is -0.378 e. The average Bonchev–Trinajstić information content (AvgIpc) is 3.21. The van der Waals surface area contributed by atoms with Crippen molar-refractivity contribution < 1.29 is 22.7 Å². The molecule has 0 bridgehead atoms. The van der Waals surface area contributed by atoms with Crippen LogP contribution in [-0.4, -0.2) is 65.2 Å². The third kappa shape index (κ3) is 4.34. The van der Waals surface area contributed by atoms with Crippen LogP contribution in [0.4, 0.5) is 23.8 Å². The summed E-state index contributed by atoms with van der Waals surface area (Å²) in [5.74, 6) is 0.426. The number of hydrogen-bond donors (Lipinski definition) is 2. The van der Waals surface area contributed by atoms with E-state index in [-0.39, 0.29) is 24.1 Å². The topological polar surface area (TPSA) is 82.6 Å². The van der Waals surface area contributed by atoms with Gasteiger partial charge in [-0.3, -0.25) is 0 Å². The number of hydrogen-bond acceptors (Lipinski definition) is 6. The molecular weight excluding hydrogens is 437 g/mol. The maximum atomic E-state index is 14.5. The van der Waals surface area contributed by atoms with E-state index in [1.54, 1.807) is 9.80 Å². The number of anilines is 1. The standard InChI is InChI=1S/C22H25F3N6O2/c23-18-13(2-1-3-15(18)19(24)25)10-27-21-16-11-31(22(32)30-4-6-33-7-5-30)12-17(16)28-20(29-21)14-8-26-9-14/h1-3,14,19,26H,4-12H2,(H,27,28,29). The molecule has 33 heavy (non-hydrogen) atoms. The Labute approximate surface area is 189 Å². The fourth-order valence-corrected chi connectivity index (χ4v) is 4.25. The highest BCUT2D eigenvalue weighted by Gasteiger charge is 2.33. The molecule has 3 aliphatic rings. The van der Waals surface area contributed by atoms with Gasteiger partial charge < -0.3 is 25.2 Å². The molecule has 0 atom stereocenters. The van der Waals surface area contributed by atoms with Crippen LogP contribution in [0.1, 0.15) is 40.6 Å². The molecule has 0 radical (unpaired) electrons. The van der Waals surface area contributed by atoms with Crippen LogP contribution in [0.3, 0.4) is 0 Å². The first-order chi connectivity index (χ1) is 16.0. The van der Waals surface area contributed by atoms with Gasteiger partial charge in [0.05, 0.1) is 37.6 Å². The first kappa shape index (κ1) is 21.9. The molecule has 1 aromatic heterocycles. The maximum Gasteiger partial charge on any atom is 0.320 e. The van der Waals surface area contributed by atoms with Gasteiger partial charge in [0.15, 0.2) is 0 Å². The Morgan fingerprint density at radius 3 is 2.67 bits per heavy atom. The molecule has 0 aliphatic carbocycles. The van der Waals surface area contributed by atoms with Crippen molar-refractivity contribution in [3.63, 3.8) is 0 Å². The monoisotopic (exact) mass is 462 g/mol. The lowest BCUT2D eigenvalue weighted by molar-refractivity contribution is 0.0429. The zero-order chi connectivity index (χ0) is 22.9. The van der Waals surface area contributed by atoms with Crippen LogP contribution in [0.25, 0.3) is 0 Å². The van der Waals surface area contributed by atoms with E-state index < -0.39 is 17.8 Å². The van der Waals surface area contributed by atoms with Gasteiger partial charge in [0, 0.05) is 49.8 Å². The van der Waals surface area contributed by atoms with Crippen LogP contribution in [0.15, 0.2) is 18.2 Å². The Morgan fingerprint density at radius 2 is 1.97 bits per heavy atom. The Morgan fingerprint density at radius 1 is 1.18 bits per heavy atom. The zero-order valence-electron chi connectivity index (χ0n) is 18.0. The third-order valence-corrected chi connectivity index (χ3v) is 6.29. The normalized spacial score (nSPS) is 18.4. The van der Waals surface area contributed by atoms with Gasteiger partial charge in [0.2, 0.25) is 0 Å². The van der Waals surface area contributed by atoms with Crippen molar-refractivity contribution in [2.75, 3.05) is 44.7 Å². The first-order valence-electron chi connectivity index (χ1n) is 11.0. The summed E-state index contributed by atoms with van der Waals surface area (Å²) in [6, 6.07) is 3.90. The number of morpholine rings is 1. The van der Waals surface area contributed by atoms with E-state index in [0.717, 1.165) is 30.4 Å². The summed E-state index contributed by atoms with van der Waals surface area (Å²) in [7, 11) is 0. The molecule has 3 aliphatic heterocycles. The summed E-state index contributed by atoms with van der Waals surface area (Å²) in [5, 5.41) is 6.32. The van der Waals surface area contributed by atoms with E-state index in [9.17, 15) is 18.0 Å². The van der Waals surface area contributed by atoms with Crippen molar-refractivity contribution in [1.82, 2.24) is 25.1 Å². The van der Waals surface area contributed by atoms with E-state index in [1.807, 2.05) is 0 Å². The van der Waals surface area contributed by atoms with Crippen molar-refractivity contribution >= 4 is 11.8 Å². The summed E-state index contributed by atoms with van der Waals surface area (Å²) in [5.41, 5.74) is 1.05. The average molecular weight is 462 g/mol. The molecule has 1 aromatic carbocycles. The van der Waals surface area contributed by atoms with E-state index in [4.69, 9.17) is 9.72 Å². The number of alkyl halides is 2. The Balaban J connectivity index is 1.38. The van der Waals surface area contributed by atoms with Gasteiger partial charge in [-0.2, -0.15) is 0 Å². The molecule has 11 heteroatoms. The quantitative estimate of drug-likeness (QED) is 0.711.